The predicted molar refractivity (Wildman–Crippen MR) is 70.1 cm³/mol. The van der Waals surface area contributed by atoms with Gasteiger partial charge in [0.25, 0.3) is 0 Å². The number of aromatic nitrogens is 1. The molecule has 86 valence electrons. The molecular formula is C13H17ClN2. The Morgan fingerprint density at radius 3 is 2.81 bits per heavy atom. The number of fused-ring (bicyclic) bond motifs is 1. The molecule has 0 aliphatic carbocycles. The number of hydrogen-bond donors (Lipinski definition) is 0. The van der Waals surface area contributed by atoms with Gasteiger partial charge in [0.05, 0.1) is 0 Å². The van der Waals surface area contributed by atoms with Gasteiger partial charge in [-0.15, -0.1) is 0 Å². The van der Waals surface area contributed by atoms with Crippen molar-refractivity contribution in [1.82, 2.24) is 9.47 Å². The molecule has 3 heteroatoms. The lowest BCUT2D eigenvalue weighted by atomic mass is 10.2. The van der Waals surface area contributed by atoms with Crippen LogP contribution < -0.4 is 0 Å². The molecular weight excluding hydrogens is 220 g/mol. The predicted octanol–water partition coefficient (Wildman–Crippen LogP) is 3.25. The standard InChI is InChI=1S/C13H17ClN2/c1-15(2)7-3-8-16-9-6-11-10-12(14)4-5-13(11)16/h4-6,9-10H,3,7-8H2,1-2H3. The molecule has 2 aromatic rings. The third-order valence-corrected chi connectivity index (χ3v) is 2.97. The maximum Gasteiger partial charge on any atom is 0.0481 e. The van der Waals surface area contributed by atoms with Crippen molar-refractivity contribution in [2.45, 2.75) is 13.0 Å². The van der Waals surface area contributed by atoms with E-state index in [4.69, 9.17) is 11.6 Å². The van der Waals surface area contributed by atoms with Crippen LogP contribution in [-0.4, -0.2) is 30.1 Å². The average Bonchev–Trinajstić information content (AvgIpc) is 2.60. The Labute approximate surface area is 101 Å². The SMILES string of the molecule is CN(C)CCCn1ccc2cc(Cl)ccc21. The molecule has 16 heavy (non-hydrogen) atoms. The summed E-state index contributed by atoms with van der Waals surface area (Å²) in [6.45, 7) is 2.18. The van der Waals surface area contributed by atoms with Gasteiger partial charge in [0, 0.05) is 28.7 Å². The van der Waals surface area contributed by atoms with Gasteiger partial charge in [-0.05, 0) is 51.3 Å². The van der Waals surface area contributed by atoms with Gasteiger partial charge in [0.2, 0.25) is 0 Å². The van der Waals surface area contributed by atoms with E-state index in [2.05, 4.69) is 41.9 Å². The monoisotopic (exact) mass is 236 g/mol. The van der Waals surface area contributed by atoms with Crippen molar-refractivity contribution in [3.05, 3.63) is 35.5 Å². The molecule has 0 spiro atoms. The van der Waals surface area contributed by atoms with Crippen molar-refractivity contribution in [2.75, 3.05) is 20.6 Å². The Morgan fingerprint density at radius 2 is 2.06 bits per heavy atom. The van der Waals surface area contributed by atoms with Crippen molar-refractivity contribution in [3.8, 4) is 0 Å². The Balaban J connectivity index is 2.13. The maximum absolute atomic E-state index is 5.96. The molecule has 0 N–H and O–H groups in total. The number of halogens is 1. The molecule has 2 nitrogen and oxygen atoms in total. The summed E-state index contributed by atoms with van der Waals surface area (Å²) in [5.41, 5.74) is 1.27. The summed E-state index contributed by atoms with van der Waals surface area (Å²) in [5.74, 6) is 0. The van der Waals surface area contributed by atoms with E-state index >= 15 is 0 Å². The van der Waals surface area contributed by atoms with Crippen LogP contribution in [0.15, 0.2) is 30.5 Å². The fourth-order valence-corrected chi connectivity index (χ4v) is 2.10. The summed E-state index contributed by atoms with van der Waals surface area (Å²) < 4.78 is 2.29. The number of aryl methyl sites for hydroxylation is 1. The summed E-state index contributed by atoms with van der Waals surface area (Å²) in [6, 6.07) is 8.18. The van der Waals surface area contributed by atoms with Crippen LogP contribution in [0.5, 0.6) is 0 Å². The Morgan fingerprint density at radius 1 is 1.25 bits per heavy atom. The first-order chi connectivity index (χ1) is 7.66. The van der Waals surface area contributed by atoms with Crippen LogP contribution in [0, 0.1) is 0 Å². The number of nitrogens with zero attached hydrogens (tertiary/aromatic N) is 2. The van der Waals surface area contributed by atoms with Crippen molar-refractivity contribution in [3.63, 3.8) is 0 Å². The van der Waals surface area contributed by atoms with Gasteiger partial charge in [-0.3, -0.25) is 0 Å². The lowest BCUT2D eigenvalue weighted by Crippen LogP contribution is -2.14. The number of hydrogen-bond acceptors (Lipinski definition) is 1. The number of rotatable bonds is 4. The molecule has 2 rings (SSSR count). The van der Waals surface area contributed by atoms with E-state index in [9.17, 15) is 0 Å². The fourth-order valence-electron chi connectivity index (χ4n) is 1.92. The van der Waals surface area contributed by atoms with Crippen LogP contribution in [0.3, 0.4) is 0 Å². The summed E-state index contributed by atoms with van der Waals surface area (Å²) in [4.78, 5) is 2.21. The molecule has 0 fully saturated rings. The topological polar surface area (TPSA) is 8.17 Å². The van der Waals surface area contributed by atoms with E-state index in [1.54, 1.807) is 0 Å². The zero-order chi connectivity index (χ0) is 11.5. The van der Waals surface area contributed by atoms with Crippen LogP contribution in [0.25, 0.3) is 10.9 Å². The Bertz CT molecular complexity index is 474. The largest absolute Gasteiger partial charge is 0.347 e. The van der Waals surface area contributed by atoms with E-state index in [0.29, 0.717) is 0 Å². The van der Waals surface area contributed by atoms with Gasteiger partial charge in [-0.1, -0.05) is 11.6 Å². The lowest BCUT2D eigenvalue weighted by Gasteiger charge is -2.10. The molecule has 0 saturated heterocycles. The summed E-state index contributed by atoms with van der Waals surface area (Å²) in [5, 5.41) is 2.02. The van der Waals surface area contributed by atoms with E-state index in [-0.39, 0.29) is 0 Å². The second-order valence-electron chi connectivity index (χ2n) is 4.37. The van der Waals surface area contributed by atoms with Gasteiger partial charge in [0.15, 0.2) is 0 Å². The van der Waals surface area contributed by atoms with Crippen molar-refractivity contribution < 1.29 is 0 Å². The molecule has 0 saturated carbocycles. The molecule has 0 aliphatic rings. The highest BCUT2D eigenvalue weighted by molar-refractivity contribution is 6.31. The van der Waals surface area contributed by atoms with Crippen LogP contribution in [0.2, 0.25) is 5.02 Å². The highest BCUT2D eigenvalue weighted by Gasteiger charge is 2.01. The fraction of sp³-hybridized carbons (Fsp3) is 0.385. The van der Waals surface area contributed by atoms with Crippen molar-refractivity contribution in [2.24, 2.45) is 0 Å². The van der Waals surface area contributed by atoms with Gasteiger partial charge in [-0.2, -0.15) is 0 Å². The molecule has 1 aromatic heterocycles. The van der Waals surface area contributed by atoms with Crippen LogP contribution >= 0.6 is 11.6 Å². The van der Waals surface area contributed by atoms with E-state index in [1.807, 2.05) is 12.1 Å². The van der Waals surface area contributed by atoms with Gasteiger partial charge >= 0.3 is 0 Å². The zero-order valence-corrected chi connectivity index (χ0v) is 10.5. The molecule has 0 aliphatic heterocycles. The normalized spacial score (nSPS) is 11.5. The van der Waals surface area contributed by atoms with E-state index in [0.717, 1.165) is 18.1 Å². The first kappa shape index (κ1) is 11.5. The third kappa shape index (κ3) is 2.57. The Kier molecular flexibility index (Phi) is 3.52. The lowest BCUT2D eigenvalue weighted by molar-refractivity contribution is 0.388. The number of benzene rings is 1. The van der Waals surface area contributed by atoms with Crippen LogP contribution in [0.1, 0.15) is 6.42 Å². The summed E-state index contributed by atoms with van der Waals surface area (Å²) in [7, 11) is 4.21. The highest BCUT2D eigenvalue weighted by atomic mass is 35.5. The molecule has 0 bridgehead atoms. The minimum Gasteiger partial charge on any atom is -0.347 e. The smallest absolute Gasteiger partial charge is 0.0481 e. The van der Waals surface area contributed by atoms with Crippen LogP contribution in [0.4, 0.5) is 0 Å². The molecule has 1 heterocycles. The van der Waals surface area contributed by atoms with E-state index < -0.39 is 0 Å². The highest BCUT2D eigenvalue weighted by Crippen LogP contribution is 2.20. The molecule has 0 unspecified atom stereocenters. The van der Waals surface area contributed by atoms with Crippen molar-refractivity contribution >= 4 is 22.5 Å². The summed E-state index contributed by atoms with van der Waals surface area (Å²) in [6.07, 6.45) is 3.30. The molecule has 1 aromatic carbocycles. The minimum atomic E-state index is 0.804. The van der Waals surface area contributed by atoms with Gasteiger partial charge < -0.3 is 9.47 Å². The molecule has 0 radical (unpaired) electrons. The average molecular weight is 237 g/mol. The van der Waals surface area contributed by atoms with Gasteiger partial charge in [0.1, 0.15) is 0 Å². The Hall–Kier alpha value is -0.990. The van der Waals surface area contributed by atoms with Gasteiger partial charge in [-0.25, -0.2) is 0 Å². The van der Waals surface area contributed by atoms with Crippen molar-refractivity contribution in [1.29, 1.82) is 0 Å². The summed E-state index contributed by atoms with van der Waals surface area (Å²) >= 11 is 5.96. The first-order valence-electron chi connectivity index (χ1n) is 5.56. The second-order valence-corrected chi connectivity index (χ2v) is 4.81. The molecule has 0 atom stereocenters. The third-order valence-electron chi connectivity index (χ3n) is 2.74. The maximum atomic E-state index is 5.96. The second kappa shape index (κ2) is 4.89. The van der Waals surface area contributed by atoms with E-state index in [1.165, 1.54) is 17.3 Å². The quantitative estimate of drug-likeness (QED) is 0.791. The first-order valence-corrected chi connectivity index (χ1v) is 5.94. The minimum absolute atomic E-state index is 0.804. The molecule has 0 amide bonds. The van der Waals surface area contributed by atoms with Crippen LogP contribution in [-0.2, 0) is 6.54 Å². The zero-order valence-electron chi connectivity index (χ0n) is 9.78.